The SMILES string of the molecule is Cc1c(C(=O)O)ccc(C(=O)OCC2c3ccccc3-c3ccccc32)c1N. The van der Waals surface area contributed by atoms with Crippen molar-refractivity contribution < 1.29 is 19.4 Å². The monoisotopic (exact) mass is 373 g/mol. The second kappa shape index (κ2) is 6.85. The van der Waals surface area contributed by atoms with Crippen LogP contribution in [0.1, 0.15) is 43.3 Å². The molecule has 3 N–H and O–H groups in total. The van der Waals surface area contributed by atoms with Crippen LogP contribution in [0.3, 0.4) is 0 Å². The number of carboxylic acids is 1. The van der Waals surface area contributed by atoms with Gasteiger partial charge in [-0.3, -0.25) is 0 Å². The van der Waals surface area contributed by atoms with E-state index in [1.807, 2.05) is 36.4 Å². The van der Waals surface area contributed by atoms with Crippen LogP contribution >= 0.6 is 0 Å². The Morgan fingerprint density at radius 2 is 1.46 bits per heavy atom. The van der Waals surface area contributed by atoms with Crippen LogP contribution in [0.15, 0.2) is 60.7 Å². The Bertz CT molecular complexity index is 1060. The van der Waals surface area contributed by atoms with E-state index in [0.717, 1.165) is 22.3 Å². The second-order valence-electron chi connectivity index (χ2n) is 6.83. The van der Waals surface area contributed by atoms with Crippen molar-refractivity contribution in [2.75, 3.05) is 12.3 Å². The van der Waals surface area contributed by atoms with Gasteiger partial charge in [-0.05, 0) is 46.9 Å². The van der Waals surface area contributed by atoms with Crippen molar-refractivity contribution in [3.05, 3.63) is 88.5 Å². The Morgan fingerprint density at radius 3 is 2.04 bits per heavy atom. The first kappa shape index (κ1) is 17.8. The number of ether oxygens (including phenoxy) is 1. The highest BCUT2D eigenvalue weighted by Gasteiger charge is 2.29. The van der Waals surface area contributed by atoms with Crippen molar-refractivity contribution in [2.24, 2.45) is 0 Å². The van der Waals surface area contributed by atoms with Gasteiger partial charge in [-0.1, -0.05) is 48.5 Å². The van der Waals surface area contributed by atoms with Crippen LogP contribution in [-0.2, 0) is 4.74 Å². The Balaban J connectivity index is 1.60. The number of aromatic carboxylic acids is 1. The Labute approximate surface area is 162 Å². The number of carbonyl (C=O) groups excluding carboxylic acids is 1. The van der Waals surface area contributed by atoms with Gasteiger partial charge in [0.1, 0.15) is 6.61 Å². The minimum atomic E-state index is -1.08. The lowest BCUT2D eigenvalue weighted by Gasteiger charge is -2.15. The van der Waals surface area contributed by atoms with Crippen LogP contribution in [0.2, 0.25) is 0 Å². The van der Waals surface area contributed by atoms with E-state index in [9.17, 15) is 14.7 Å². The van der Waals surface area contributed by atoms with E-state index < -0.39 is 11.9 Å². The van der Waals surface area contributed by atoms with E-state index in [-0.39, 0.29) is 29.3 Å². The summed E-state index contributed by atoms with van der Waals surface area (Å²) in [6.45, 7) is 1.77. The summed E-state index contributed by atoms with van der Waals surface area (Å²) in [6.07, 6.45) is 0. The van der Waals surface area contributed by atoms with Crippen LogP contribution in [0, 0.1) is 6.92 Å². The smallest absolute Gasteiger partial charge is 0.340 e. The number of nitrogens with two attached hydrogens (primary N) is 1. The van der Waals surface area contributed by atoms with Gasteiger partial charge >= 0.3 is 11.9 Å². The molecule has 0 bridgehead atoms. The molecule has 1 aliphatic carbocycles. The summed E-state index contributed by atoms with van der Waals surface area (Å²) in [5.74, 6) is -1.68. The van der Waals surface area contributed by atoms with Crippen LogP contribution in [0.25, 0.3) is 11.1 Å². The lowest BCUT2D eigenvalue weighted by molar-refractivity contribution is 0.0493. The predicted octanol–water partition coefficient (Wildman–Crippen LogP) is 4.24. The molecule has 5 heteroatoms. The van der Waals surface area contributed by atoms with Crippen molar-refractivity contribution in [3.8, 4) is 11.1 Å². The summed E-state index contributed by atoms with van der Waals surface area (Å²) in [7, 11) is 0. The lowest BCUT2D eigenvalue weighted by Crippen LogP contribution is -2.15. The maximum Gasteiger partial charge on any atom is 0.340 e. The summed E-state index contributed by atoms with van der Waals surface area (Å²) in [6, 6.07) is 19.0. The molecule has 0 fully saturated rings. The molecule has 3 aromatic rings. The fourth-order valence-electron chi connectivity index (χ4n) is 3.81. The number of benzene rings is 3. The predicted molar refractivity (Wildman–Crippen MR) is 107 cm³/mol. The number of nitrogen functional groups attached to an aromatic ring is 1. The number of carboxylic acid groups (broad SMARTS) is 1. The Kier molecular flexibility index (Phi) is 4.35. The maximum absolute atomic E-state index is 12.6. The van der Waals surface area contributed by atoms with Crippen LogP contribution < -0.4 is 5.73 Å². The van der Waals surface area contributed by atoms with Gasteiger partial charge in [0, 0.05) is 11.6 Å². The highest BCUT2D eigenvalue weighted by Crippen LogP contribution is 2.44. The van der Waals surface area contributed by atoms with Gasteiger partial charge in [0.25, 0.3) is 0 Å². The van der Waals surface area contributed by atoms with Gasteiger partial charge in [0.2, 0.25) is 0 Å². The fourth-order valence-corrected chi connectivity index (χ4v) is 3.81. The average molecular weight is 373 g/mol. The molecule has 0 aromatic heterocycles. The molecule has 4 rings (SSSR count). The minimum absolute atomic E-state index is 0.0445. The molecule has 0 radical (unpaired) electrons. The van der Waals surface area contributed by atoms with Gasteiger partial charge < -0.3 is 15.6 Å². The first-order valence-corrected chi connectivity index (χ1v) is 8.96. The van der Waals surface area contributed by atoms with Gasteiger partial charge in [-0.25, -0.2) is 9.59 Å². The zero-order valence-corrected chi connectivity index (χ0v) is 15.3. The van der Waals surface area contributed by atoms with E-state index in [0.29, 0.717) is 5.56 Å². The van der Waals surface area contributed by atoms with Crippen molar-refractivity contribution in [3.63, 3.8) is 0 Å². The molecule has 0 saturated heterocycles. The average Bonchev–Trinajstić information content (AvgIpc) is 3.02. The van der Waals surface area contributed by atoms with E-state index in [2.05, 4.69) is 12.1 Å². The van der Waals surface area contributed by atoms with Gasteiger partial charge in [0.05, 0.1) is 11.1 Å². The van der Waals surface area contributed by atoms with E-state index in [1.165, 1.54) is 12.1 Å². The fraction of sp³-hybridized carbons (Fsp3) is 0.130. The first-order valence-electron chi connectivity index (χ1n) is 8.96. The highest BCUT2D eigenvalue weighted by atomic mass is 16.5. The molecule has 5 nitrogen and oxygen atoms in total. The molecule has 28 heavy (non-hydrogen) atoms. The molecule has 3 aromatic carbocycles. The highest BCUT2D eigenvalue weighted by molar-refractivity contribution is 5.99. The number of rotatable bonds is 4. The second-order valence-corrected chi connectivity index (χ2v) is 6.83. The molecule has 0 heterocycles. The summed E-state index contributed by atoms with van der Waals surface area (Å²) in [5, 5.41) is 9.18. The van der Waals surface area contributed by atoms with Gasteiger partial charge in [-0.15, -0.1) is 0 Å². The number of hydrogen-bond donors (Lipinski definition) is 2. The lowest BCUT2D eigenvalue weighted by atomic mass is 9.98. The third-order valence-corrected chi connectivity index (χ3v) is 5.31. The molecule has 0 spiro atoms. The van der Waals surface area contributed by atoms with E-state index in [1.54, 1.807) is 6.92 Å². The molecule has 0 amide bonds. The quantitative estimate of drug-likeness (QED) is 0.527. The topological polar surface area (TPSA) is 89.6 Å². The standard InChI is InChI=1S/C23H19NO4/c1-13-14(22(25)26)10-11-19(21(13)24)23(27)28-12-20-17-8-4-2-6-15(17)16-7-3-5-9-18(16)20/h2-11,20H,12,24H2,1H3,(H,25,26). The number of anilines is 1. The van der Waals surface area contributed by atoms with Gasteiger partial charge in [-0.2, -0.15) is 0 Å². The molecule has 0 unspecified atom stereocenters. The normalized spacial score (nSPS) is 12.3. The molecule has 0 aliphatic heterocycles. The van der Waals surface area contributed by atoms with Crippen molar-refractivity contribution in [1.82, 2.24) is 0 Å². The van der Waals surface area contributed by atoms with Crippen LogP contribution in [0.4, 0.5) is 5.69 Å². The van der Waals surface area contributed by atoms with Gasteiger partial charge in [0.15, 0.2) is 0 Å². The molecule has 0 atom stereocenters. The van der Waals surface area contributed by atoms with Crippen molar-refractivity contribution >= 4 is 17.6 Å². The zero-order valence-electron chi connectivity index (χ0n) is 15.3. The molecule has 1 aliphatic rings. The first-order chi connectivity index (χ1) is 13.5. The van der Waals surface area contributed by atoms with Crippen LogP contribution in [0.5, 0.6) is 0 Å². The largest absolute Gasteiger partial charge is 0.478 e. The number of fused-ring (bicyclic) bond motifs is 3. The number of carbonyl (C=O) groups is 2. The molecular weight excluding hydrogens is 354 g/mol. The van der Waals surface area contributed by atoms with Crippen molar-refractivity contribution in [1.29, 1.82) is 0 Å². The van der Waals surface area contributed by atoms with Crippen LogP contribution in [-0.4, -0.2) is 23.7 Å². The Morgan fingerprint density at radius 1 is 0.929 bits per heavy atom. The summed E-state index contributed by atoms with van der Waals surface area (Å²) < 4.78 is 5.60. The third kappa shape index (κ3) is 2.81. The molecule has 140 valence electrons. The van der Waals surface area contributed by atoms with Crippen molar-refractivity contribution in [2.45, 2.75) is 12.8 Å². The Hall–Kier alpha value is -3.60. The minimum Gasteiger partial charge on any atom is -0.478 e. The zero-order chi connectivity index (χ0) is 19.8. The molecule has 0 saturated carbocycles. The summed E-state index contributed by atoms with van der Waals surface area (Å²) in [4.78, 5) is 23.8. The van der Waals surface area contributed by atoms with E-state index >= 15 is 0 Å². The van der Waals surface area contributed by atoms with E-state index in [4.69, 9.17) is 10.5 Å². The molecular formula is C23H19NO4. The maximum atomic E-state index is 12.6. The number of hydrogen-bond acceptors (Lipinski definition) is 4. The third-order valence-electron chi connectivity index (χ3n) is 5.31. The number of esters is 1. The summed E-state index contributed by atoms with van der Waals surface area (Å²) in [5.41, 5.74) is 11.3. The summed E-state index contributed by atoms with van der Waals surface area (Å²) >= 11 is 0.